The van der Waals surface area contributed by atoms with Crippen molar-refractivity contribution < 1.29 is 17.6 Å². The lowest BCUT2D eigenvalue weighted by atomic mass is 10.0. The molecule has 0 aliphatic heterocycles. The highest BCUT2D eigenvalue weighted by Crippen LogP contribution is 2.34. The predicted octanol–water partition coefficient (Wildman–Crippen LogP) is 3.77. The molecule has 2 rings (SSSR count). The Bertz CT molecular complexity index is 607. The van der Waals surface area contributed by atoms with Gasteiger partial charge in [-0.25, -0.2) is 9.82 Å². The van der Waals surface area contributed by atoms with Crippen molar-refractivity contribution in [2.45, 2.75) is 19.1 Å². The summed E-state index contributed by atoms with van der Waals surface area (Å²) in [7, 11) is 0. The fourth-order valence-corrected chi connectivity index (χ4v) is 2.96. The maximum atomic E-state index is 13.6. The number of halogens is 4. The Labute approximate surface area is 117 Å². The summed E-state index contributed by atoms with van der Waals surface area (Å²) < 4.78 is 51.2. The Morgan fingerprint density at radius 3 is 2.40 bits per heavy atom. The van der Waals surface area contributed by atoms with Gasteiger partial charge >= 0.3 is 6.18 Å². The van der Waals surface area contributed by atoms with Gasteiger partial charge < -0.3 is 0 Å². The van der Waals surface area contributed by atoms with Crippen LogP contribution in [0.4, 0.5) is 17.6 Å². The number of hydrogen-bond donors (Lipinski definition) is 2. The van der Waals surface area contributed by atoms with Crippen LogP contribution in [0.25, 0.3) is 0 Å². The first kappa shape index (κ1) is 15.0. The molecule has 0 saturated carbocycles. The van der Waals surface area contributed by atoms with Gasteiger partial charge in [0, 0.05) is 4.88 Å². The van der Waals surface area contributed by atoms with E-state index in [4.69, 9.17) is 5.84 Å². The van der Waals surface area contributed by atoms with Gasteiger partial charge in [0.05, 0.1) is 11.6 Å². The number of benzene rings is 1. The average Bonchev–Trinajstić information content (AvgIpc) is 2.75. The van der Waals surface area contributed by atoms with Gasteiger partial charge in [-0.15, -0.1) is 11.3 Å². The maximum Gasteiger partial charge on any atom is 0.419 e. The quantitative estimate of drug-likeness (QED) is 0.515. The fourth-order valence-electron chi connectivity index (χ4n) is 1.94. The minimum absolute atomic E-state index is 0.351. The van der Waals surface area contributed by atoms with Gasteiger partial charge in [-0.1, -0.05) is 6.07 Å². The van der Waals surface area contributed by atoms with Crippen LogP contribution >= 0.6 is 11.3 Å². The van der Waals surface area contributed by atoms with Crippen LogP contribution < -0.4 is 11.3 Å². The first-order valence-corrected chi connectivity index (χ1v) is 6.59. The molecular formula is C13H12F4N2S. The van der Waals surface area contributed by atoms with E-state index in [0.717, 1.165) is 22.6 Å². The van der Waals surface area contributed by atoms with Crippen LogP contribution in [0, 0.1) is 12.7 Å². The highest BCUT2D eigenvalue weighted by Gasteiger charge is 2.34. The van der Waals surface area contributed by atoms with Crippen LogP contribution in [0.2, 0.25) is 0 Å². The molecule has 0 saturated heterocycles. The molecule has 108 valence electrons. The molecule has 0 radical (unpaired) electrons. The van der Waals surface area contributed by atoms with Crippen LogP contribution in [0.1, 0.15) is 27.6 Å². The Balaban J connectivity index is 2.43. The average molecular weight is 304 g/mol. The second kappa shape index (κ2) is 5.51. The van der Waals surface area contributed by atoms with Crippen LogP contribution in [0.15, 0.2) is 29.6 Å². The van der Waals surface area contributed by atoms with Gasteiger partial charge in [0.25, 0.3) is 0 Å². The highest BCUT2D eigenvalue weighted by molar-refractivity contribution is 7.10. The monoisotopic (exact) mass is 304 g/mol. The molecule has 1 heterocycles. The third-order valence-corrected chi connectivity index (χ3v) is 4.05. The first-order chi connectivity index (χ1) is 9.34. The molecule has 3 N–H and O–H groups in total. The molecule has 1 aromatic carbocycles. The summed E-state index contributed by atoms with van der Waals surface area (Å²) in [6.07, 6.45) is -4.70. The Morgan fingerprint density at radius 1 is 1.25 bits per heavy atom. The number of nitrogens with two attached hydrogens (primary N) is 1. The lowest BCUT2D eigenvalue weighted by Crippen LogP contribution is -2.29. The molecule has 1 aromatic heterocycles. The van der Waals surface area contributed by atoms with E-state index in [2.05, 4.69) is 5.43 Å². The standard InChI is InChI=1S/C13H12F4N2S/c1-7-4-5-20-12(7)11(19-18)8-2-3-9(10(14)6-8)13(15,16)17/h2-6,11,19H,18H2,1H3. The van der Waals surface area contributed by atoms with E-state index in [1.165, 1.54) is 17.4 Å². The van der Waals surface area contributed by atoms with Gasteiger partial charge in [0.1, 0.15) is 5.82 Å². The molecule has 7 heteroatoms. The summed E-state index contributed by atoms with van der Waals surface area (Å²) in [5.74, 6) is 4.15. The van der Waals surface area contributed by atoms with Crippen LogP contribution in [0.5, 0.6) is 0 Å². The molecule has 0 aliphatic rings. The molecule has 2 nitrogen and oxygen atoms in total. The summed E-state index contributed by atoms with van der Waals surface area (Å²) >= 11 is 1.41. The highest BCUT2D eigenvalue weighted by atomic mass is 32.1. The van der Waals surface area contributed by atoms with E-state index in [1.54, 1.807) is 0 Å². The number of aryl methyl sites for hydroxylation is 1. The second-order valence-electron chi connectivity index (χ2n) is 4.30. The number of nitrogens with one attached hydrogen (secondary N) is 1. The SMILES string of the molecule is Cc1ccsc1C(NN)c1ccc(C(F)(F)F)c(F)c1. The van der Waals surface area contributed by atoms with E-state index in [0.29, 0.717) is 5.56 Å². The number of thiophene rings is 1. The van der Waals surface area contributed by atoms with E-state index in [1.807, 2.05) is 18.4 Å². The smallest absolute Gasteiger partial charge is 0.271 e. The zero-order valence-corrected chi connectivity index (χ0v) is 11.3. The number of alkyl halides is 3. The number of hydrazine groups is 1. The summed E-state index contributed by atoms with van der Waals surface area (Å²) in [5, 5.41) is 1.84. The molecule has 0 bridgehead atoms. The van der Waals surface area contributed by atoms with Crippen molar-refractivity contribution in [1.82, 2.24) is 5.43 Å². The van der Waals surface area contributed by atoms with Crippen molar-refractivity contribution in [2.75, 3.05) is 0 Å². The van der Waals surface area contributed by atoms with E-state index in [9.17, 15) is 17.6 Å². The van der Waals surface area contributed by atoms with E-state index >= 15 is 0 Å². The lowest BCUT2D eigenvalue weighted by molar-refractivity contribution is -0.140. The minimum atomic E-state index is -4.70. The van der Waals surface area contributed by atoms with Gasteiger partial charge in [-0.05, 0) is 41.6 Å². The van der Waals surface area contributed by atoms with Gasteiger partial charge in [0.15, 0.2) is 0 Å². The predicted molar refractivity (Wildman–Crippen MR) is 69.6 cm³/mol. The molecule has 1 unspecified atom stereocenters. The minimum Gasteiger partial charge on any atom is -0.271 e. The summed E-state index contributed by atoms with van der Waals surface area (Å²) in [6.45, 7) is 1.86. The second-order valence-corrected chi connectivity index (χ2v) is 5.25. The van der Waals surface area contributed by atoms with Crippen molar-refractivity contribution in [3.8, 4) is 0 Å². The zero-order valence-electron chi connectivity index (χ0n) is 10.5. The Kier molecular flexibility index (Phi) is 4.12. The third kappa shape index (κ3) is 2.84. The maximum absolute atomic E-state index is 13.6. The number of hydrogen-bond acceptors (Lipinski definition) is 3. The van der Waals surface area contributed by atoms with Gasteiger partial charge in [-0.3, -0.25) is 5.84 Å². The summed E-state index contributed by atoms with van der Waals surface area (Å²) in [6, 6.07) is 4.16. The third-order valence-electron chi connectivity index (χ3n) is 2.96. The van der Waals surface area contributed by atoms with Crippen molar-refractivity contribution in [3.05, 3.63) is 57.0 Å². The number of rotatable bonds is 3. The largest absolute Gasteiger partial charge is 0.419 e. The molecule has 0 amide bonds. The molecule has 20 heavy (non-hydrogen) atoms. The van der Waals surface area contributed by atoms with Crippen molar-refractivity contribution in [2.24, 2.45) is 5.84 Å². The Morgan fingerprint density at radius 2 is 1.95 bits per heavy atom. The van der Waals surface area contributed by atoms with Crippen molar-refractivity contribution >= 4 is 11.3 Å². The van der Waals surface area contributed by atoms with Crippen LogP contribution in [-0.4, -0.2) is 0 Å². The lowest BCUT2D eigenvalue weighted by Gasteiger charge is -2.17. The van der Waals surface area contributed by atoms with Gasteiger partial charge in [-0.2, -0.15) is 13.2 Å². The van der Waals surface area contributed by atoms with Crippen molar-refractivity contribution in [3.63, 3.8) is 0 Å². The summed E-state index contributed by atoms with van der Waals surface area (Å²) in [4.78, 5) is 0.839. The fraction of sp³-hybridized carbons (Fsp3) is 0.231. The summed E-state index contributed by atoms with van der Waals surface area (Å²) in [5.41, 5.74) is 2.52. The molecule has 0 spiro atoms. The van der Waals surface area contributed by atoms with Gasteiger partial charge in [0.2, 0.25) is 0 Å². The molecule has 1 atom stereocenters. The molecular weight excluding hydrogens is 292 g/mol. The normalized spacial score (nSPS) is 13.5. The molecule has 2 aromatic rings. The van der Waals surface area contributed by atoms with Crippen LogP contribution in [-0.2, 0) is 6.18 Å². The Hall–Kier alpha value is -1.44. The van der Waals surface area contributed by atoms with E-state index in [-0.39, 0.29) is 0 Å². The molecule has 0 fully saturated rings. The van der Waals surface area contributed by atoms with Crippen LogP contribution in [0.3, 0.4) is 0 Å². The van der Waals surface area contributed by atoms with Crippen molar-refractivity contribution in [1.29, 1.82) is 0 Å². The molecule has 0 aliphatic carbocycles. The topological polar surface area (TPSA) is 38.0 Å². The van der Waals surface area contributed by atoms with E-state index < -0.39 is 23.6 Å². The first-order valence-electron chi connectivity index (χ1n) is 5.71. The zero-order chi connectivity index (χ0) is 14.9.